The molecule has 14 rings (SSSR count). The highest BCUT2D eigenvalue weighted by atomic mass is 35.5. The Kier molecular flexibility index (Phi) is 37.4. The number of aliphatic carboxylic acids is 1. The van der Waals surface area contributed by atoms with Crippen LogP contribution in [0.4, 0.5) is 16.0 Å². The number of likely N-dealkylation sites (tertiary alicyclic amines) is 2. The van der Waals surface area contributed by atoms with Gasteiger partial charge in [-0.3, -0.25) is 38.0 Å². The maximum Gasteiger partial charge on any atom is 0.341 e. The molecule has 20 N–H and O–H groups in total. The number of anilines is 2. The Morgan fingerprint density at radius 1 is 0.554 bits per heavy atom. The van der Waals surface area contributed by atoms with E-state index in [1.54, 1.807) is 73.5 Å². The van der Waals surface area contributed by atoms with E-state index < -0.39 is 164 Å². The van der Waals surface area contributed by atoms with Crippen LogP contribution in [0.3, 0.4) is 0 Å². The van der Waals surface area contributed by atoms with E-state index >= 15 is 0 Å². The Hall–Kier alpha value is -11.7. The highest BCUT2D eigenvalue weighted by Crippen LogP contribution is 2.43. The fourth-order valence-corrected chi connectivity index (χ4v) is 18.0. The molecule has 750 valence electrons. The van der Waals surface area contributed by atoms with Crippen molar-refractivity contribution in [1.82, 2.24) is 75.4 Å². The van der Waals surface area contributed by atoms with Gasteiger partial charge in [0.25, 0.3) is 5.91 Å². The maximum atomic E-state index is 14.0. The second-order valence-corrected chi connectivity index (χ2v) is 37.9. The minimum absolute atomic E-state index is 0.0194. The number of nitrogens with zero attached hydrogens (tertiary/aromatic N) is 10. The molecule has 16 atom stereocenters. The molecule has 0 unspecified atom stereocenters. The number of benzene rings is 4. The summed E-state index contributed by atoms with van der Waals surface area (Å²) >= 11 is 15.5. The molecule has 41 nitrogen and oxygen atoms in total. The van der Waals surface area contributed by atoms with E-state index in [1.165, 1.54) is 68.0 Å². The van der Waals surface area contributed by atoms with Crippen LogP contribution in [0, 0.1) is 24.7 Å². The summed E-state index contributed by atoms with van der Waals surface area (Å²) < 4.78 is 51.8. The number of amides is 7. The predicted octanol–water partition coefficient (Wildman–Crippen LogP) is 4.82. The lowest BCUT2D eigenvalue weighted by Crippen LogP contribution is -2.57. The average Bonchev–Trinajstić information content (AvgIpc) is 1.62. The van der Waals surface area contributed by atoms with Crippen LogP contribution in [0.2, 0.25) is 10.0 Å². The normalized spacial score (nSPS) is 21.1. The third-order valence-electron chi connectivity index (χ3n) is 23.3. The number of aliphatic hydroxyl groups excluding tert-OH is 8. The van der Waals surface area contributed by atoms with Crippen molar-refractivity contribution < 1.29 is 118 Å². The van der Waals surface area contributed by atoms with Gasteiger partial charge in [0.2, 0.25) is 35.4 Å². The highest BCUT2D eigenvalue weighted by molar-refractivity contribution is 7.13. The fourth-order valence-electron chi connectivity index (χ4n) is 16.0. The number of aliphatic hydroxyl groups is 8. The molecule has 4 fully saturated rings. The molecule has 0 bridgehead atoms. The molecule has 4 aromatic carbocycles. The minimum atomic E-state index is -1.50. The van der Waals surface area contributed by atoms with Gasteiger partial charge in [0.15, 0.2) is 25.7 Å². The number of aryl methyl sites for hydroxylation is 2. The molecule has 10 aromatic rings. The van der Waals surface area contributed by atoms with Crippen molar-refractivity contribution in [2.75, 3.05) is 84.4 Å². The molecular weight excluding hydrogens is 1890 g/mol. The van der Waals surface area contributed by atoms with Crippen molar-refractivity contribution in [3.63, 3.8) is 0 Å². The van der Waals surface area contributed by atoms with E-state index in [4.69, 9.17) is 75.3 Å². The van der Waals surface area contributed by atoms with Gasteiger partial charge >= 0.3 is 5.97 Å². The molecule has 139 heavy (non-hydrogen) atoms. The molecule has 6 aromatic heterocycles. The molecule has 4 aliphatic rings. The Labute approximate surface area is 818 Å². The number of carbonyl (C=O) groups is 8. The molecule has 46 heteroatoms. The van der Waals surface area contributed by atoms with Crippen LogP contribution < -0.4 is 53.3 Å². The minimum Gasteiger partial charge on any atom is -0.482 e. The molecule has 4 saturated heterocycles. The summed E-state index contributed by atoms with van der Waals surface area (Å²) in [7, 11) is -1.00. The Balaban J connectivity index is 0.000000218. The van der Waals surface area contributed by atoms with Gasteiger partial charge in [-0.1, -0.05) is 125 Å². The number of halogens is 3. The number of nitrogens with one attached hydrogen (secondary N) is 5. The Morgan fingerprint density at radius 2 is 0.957 bits per heavy atom. The lowest BCUT2D eigenvalue weighted by Gasteiger charge is -2.35. The van der Waals surface area contributed by atoms with E-state index in [0.717, 1.165) is 43.4 Å². The van der Waals surface area contributed by atoms with Crippen LogP contribution >= 0.6 is 45.9 Å². The van der Waals surface area contributed by atoms with Crippen molar-refractivity contribution in [3.8, 4) is 32.4 Å². The number of fused-ring (bicyclic) bond motifs is 2. The zero-order chi connectivity index (χ0) is 102. The van der Waals surface area contributed by atoms with Crippen LogP contribution in [0.1, 0.15) is 127 Å². The topological polar surface area (TPSA) is 606 Å². The van der Waals surface area contributed by atoms with Crippen molar-refractivity contribution >= 4 is 127 Å². The quantitative estimate of drug-likeness (QED) is 0.0237. The maximum absolute atomic E-state index is 14.0. The first-order chi connectivity index (χ1) is 66.6. The number of carboxylic acids is 1. The number of thiazole rings is 2. The standard InChI is InChI=1S/C46H56ClN9O11S.C27H39N5O5S.C19H19ClN4O7.CH3F/c1-24-39(68-23-53-24)26-7-5-25(6-8-26)19-50-43(63)31-18-28(57)20-56(31)44(64)40(46(2,3)4)54-33(58)12-15-65-16-13-49-34(59)21-66-32-17-27(9-10-30(32)47)35(60)38-36(61)37(62)45(67-38)55-14-11-29-41(48)51-22-52-42(29)55;1-17-23(38-16-30-17)19-7-5-18(6-8-19)14-29-25(35)21-13-20(33)15-32(21)26(36)24(27(2,3)4)31-22(34)9-11-37-12-10-28;20-10-2-1-8(5-11(10)30-6-12(25)26)13(27)16-14(28)15(29)19(31-16)24-4-3-9-17(21)22-7-23-18(9)24;1-2/h5-11,14,17,22-23,28,31,35-38,40,45,57,60-62H,12-13,15-16,18-21H2,1-4H3,(H,49,59)(H,50,63)(H,54,58)(H2,48,51,52);5-8,16,20-21,24,33H,9-15,28H2,1-4H3,(H,29,35)(H,31,34);1-5,7,13-16,19,27-29H,6H2,(H,25,26)(H2,21,22,23);1H3/t28-,31+,35-,36+,37-,38-,40-,45-;20-,21+,24-;13-,14+,15-,16-,19-;/m111./s1/i;;;1D. The summed E-state index contributed by atoms with van der Waals surface area (Å²) in [4.78, 5) is 133. The van der Waals surface area contributed by atoms with Gasteiger partial charge in [-0.15, -0.1) is 22.7 Å². The van der Waals surface area contributed by atoms with Crippen molar-refractivity contribution in [1.29, 1.82) is 0 Å². The molecule has 10 heterocycles. The zero-order valence-corrected chi connectivity index (χ0v) is 80.5. The second-order valence-electron chi connectivity index (χ2n) is 35.4. The third-order valence-corrected chi connectivity index (χ3v) is 25.9. The summed E-state index contributed by atoms with van der Waals surface area (Å²) in [6.45, 7) is 15.3. The number of ether oxygens (including phenoxy) is 6. The van der Waals surface area contributed by atoms with E-state index in [2.05, 4.69) is 56.5 Å². The van der Waals surface area contributed by atoms with Gasteiger partial charge in [-0.05, 0) is 94.5 Å². The SMILES string of the molecule is Cc1ncsc1-c1ccc(CNC(=O)[C@@H]2C[C@@H](O)CN2C(=O)[C@@H](NC(=O)CCOCCN)C(C)(C)C)cc1.Cc1ncsc1-c1ccc(CNC(=O)[C@@H]2C[C@@H](O)CN2C(=O)[C@@H](NC(=O)CCOCCNC(=O)COc2cc([C@@H](O)[C@H]3O[C@@H](n4ccc5c(N)ncnc54)[C@H](O)[C@@H]3O)ccc2Cl)C(C)(C)C)cc1.Nc1ncnc2c1ccn2[C@@H]1O[C@H]([C@H](O)c2ccc(Cl)c(OCC(=O)O)c2)[C@@H](O)[C@H]1O.[2H]CF. The molecule has 7 amide bonds. The molecule has 0 radical (unpaired) electrons. The first-order valence-electron chi connectivity index (χ1n) is 45.0. The second kappa shape index (κ2) is 49.0. The first kappa shape index (κ1) is 106. The molecule has 0 saturated carbocycles. The number of carboxylic acid groups (broad SMARTS) is 1. The number of β-amino-alcohol motifs (C(OH)–C–C–N with tert-alkyl or cyclic N) is 2. The van der Waals surface area contributed by atoms with Crippen LogP contribution in [-0.2, 0) is 70.4 Å². The van der Waals surface area contributed by atoms with Gasteiger partial charge < -0.3 is 137 Å². The average molecular weight is 2010 g/mol. The number of carbonyl (C=O) groups excluding carboxylic acids is 7. The summed E-state index contributed by atoms with van der Waals surface area (Å²) in [5.41, 5.74) is 26.5. The summed E-state index contributed by atoms with van der Waals surface area (Å²) in [5, 5.41) is 110. The number of rotatable bonds is 35. The van der Waals surface area contributed by atoms with Crippen LogP contribution in [0.15, 0.2) is 133 Å². The largest absolute Gasteiger partial charge is 0.482 e. The summed E-state index contributed by atoms with van der Waals surface area (Å²) in [5.74, 6) is -3.51. The smallest absolute Gasteiger partial charge is 0.341 e. The molecule has 0 aliphatic carbocycles. The van der Waals surface area contributed by atoms with E-state index in [1.807, 2.05) is 88.7 Å². The summed E-state index contributed by atoms with van der Waals surface area (Å²) in [6, 6.07) is 23.9. The predicted molar refractivity (Wildman–Crippen MR) is 510 cm³/mol. The number of alkyl halides is 1. The Bertz CT molecular complexity index is 5900. The van der Waals surface area contributed by atoms with Gasteiger partial charge in [0, 0.05) is 77.3 Å². The number of hydrogen-bond acceptors (Lipinski definition) is 33. The van der Waals surface area contributed by atoms with E-state index in [9.17, 15) is 83.6 Å². The van der Waals surface area contributed by atoms with Crippen LogP contribution in [0.5, 0.6) is 11.5 Å². The molecular formula is C93H117Cl2FN18O23S2. The van der Waals surface area contributed by atoms with Crippen molar-refractivity contribution in [3.05, 3.63) is 177 Å². The zero-order valence-electron chi connectivity index (χ0n) is 78.4. The van der Waals surface area contributed by atoms with Gasteiger partial charge in [0.1, 0.15) is 120 Å². The van der Waals surface area contributed by atoms with Crippen molar-refractivity contribution in [2.45, 2.75) is 192 Å². The first-order valence-corrected chi connectivity index (χ1v) is 46.8. The molecule has 0 spiro atoms. The number of nitrogen functional groups attached to an aromatic ring is 2. The monoisotopic (exact) mass is 2010 g/mol. The fraction of sp³-hybridized carbons (Fsp3) is 0.462. The van der Waals surface area contributed by atoms with Gasteiger partial charge in [-0.25, -0.2) is 34.7 Å². The molecule has 4 aliphatic heterocycles. The third kappa shape index (κ3) is 27.3. The van der Waals surface area contributed by atoms with Crippen LogP contribution in [-0.4, -0.2) is 288 Å². The lowest BCUT2D eigenvalue weighted by atomic mass is 9.85. The van der Waals surface area contributed by atoms with Crippen molar-refractivity contribution in [2.24, 2.45) is 16.6 Å². The lowest BCUT2D eigenvalue weighted by molar-refractivity contribution is -0.144. The number of nitrogens with two attached hydrogens (primary N) is 3. The highest BCUT2D eigenvalue weighted by Gasteiger charge is 2.51. The van der Waals surface area contributed by atoms with Gasteiger partial charge in [-0.2, -0.15) is 0 Å². The Morgan fingerprint density at radius 3 is 1.34 bits per heavy atom. The number of aromatic nitrogens is 8. The van der Waals surface area contributed by atoms with Crippen LogP contribution in [0.25, 0.3) is 42.9 Å². The van der Waals surface area contributed by atoms with Gasteiger partial charge in [0.05, 0.1) is 100 Å². The number of hydrogen-bond donors (Lipinski definition) is 17. The summed E-state index contributed by atoms with van der Waals surface area (Å²) in [6.07, 6.45) is -9.00. The van der Waals surface area contributed by atoms with E-state index in [0.29, 0.717) is 35.2 Å². The van der Waals surface area contributed by atoms with E-state index in [-0.39, 0.29) is 134 Å².